The molecule has 0 heterocycles. The predicted octanol–water partition coefficient (Wildman–Crippen LogP) is 2.24. The summed E-state index contributed by atoms with van der Waals surface area (Å²) in [5.74, 6) is 0.688. The first kappa shape index (κ1) is 13.6. The quantitative estimate of drug-likeness (QED) is 0.665. The lowest BCUT2D eigenvalue weighted by atomic mass is 10.1. The smallest absolute Gasteiger partial charge is 0.144 e. The average Bonchev–Trinajstić information content (AvgIpc) is 2.25. The van der Waals surface area contributed by atoms with Crippen molar-refractivity contribution in [2.45, 2.75) is 32.8 Å². The number of para-hydroxylation sites is 1. The van der Waals surface area contributed by atoms with Crippen LogP contribution in [0.3, 0.4) is 0 Å². The zero-order valence-corrected chi connectivity index (χ0v) is 10.8. The van der Waals surface area contributed by atoms with E-state index in [1.54, 1.807) is 13.8 Å². The fourth-order valence-corrected chi connectivity index (χ4v) is 1.35. The normalized spacial score (nSPS) is 11.3. The Labute approximate surface area is 103 Å². The first-order valence-corrected chi connectivity index (χ1v) is 5.91. The Morgan fingerprint density at radius 3 is 2.71 bits per heavy atom. The van der Waals surface area contributed by atoms with Crippen molar-refractivity contribution in [2.24, 2.45) is 0 Å². The van der Waals surface area contributed by atoms with Crippen molar-refractivity contribution in [1.82, 2.24) is 0 Å². The van der Waals surface area contributed by atoms with Crippen LogP contribution < -0.4 is 15.8 Å². The third kappa shape index (κ3) is 4.53. The van der Waals surface area contributed by atoms with Gasteiger partial charge in [-0.15, -0.1) is 0 Å². The molecule has 0 unspecified atom stereocenters. The molecule has 0 amide bonds. The van der Waals surface area contributed by atoms with Crippen LogP contribution in [0, 0.1) is 0 Å². The van der Waals surface area contributed by atoms with Crippen LogP contribution in [-0.4, -0.2) is 23.9 Å². The number of nitrogens with one attached hydrogen (secondary N) is 1. The van der Waals surface area contributed by atoms with E-state index >= 15 is 0 Å². The molecule has 0 fully saturated rings. The van der Waals surface area contributed by atoms with Crippen molar-refractivity contribution in [1.29, 1.82) is 0 Å². The maximum Gasteiger partial charge on any atom is 0.144 e. The molecular formula is C13H22N2O2. The lowest BCUT2D eigenvalue weighted by Crippen LogP contribution is -2.29. The fraction of sp³-hybridized carbons (Fsp3) is 0.538. The van der Waals surface area contributed by atoms with Crippen molar-refractivity contribution in [3.63, 3.8) is 0 Å². The van der Waals surface area contributed by atoms with Gasteiger partial charge in [-0.1, -0.05) is 13.0 Å². The summed E-state index contributed by atoms with van der Waals surface area (Å²) in [6.07, 6.45) is 0.945. The fourth-order valence-electron chi connectivity index (χ4n) is 1.35. The number of nitrogen functional groups attached to an aromatic ring is 1. The molecule has 0 aliphatic heterocycles. The summed E-state index contributed by atoms with van der Waals surface area (Å²) < 4.78 is 5.53. The minimum atomic E-state index is -0.771. The van der Waals surface area contributed by atoms with E-state index in [2.05, 4.69) is 5.32 Å². The van der Waals surface area contributed by atoms with Gasteiger partial charge in [-0.3, -0.25) is 0 Å². The molecular weight excluding hydrogens is 216 g/mol. The number of anilines is 2. The van der Waals surface area contributed by atoms with Gasteiger partial charge in [0.05, 0.1) is 23.6 Å². The van der Waals surface area contributed by atoms with E-state index in [9.17, 15) is 5.11 Å². The van der Waals surface area contributed by atoms with Crippen molar-refractivity contribution in [3.8, 4) is 5.75 Å². The third-order valence-corrected chi connectivity index (χ3v) is 2.24. The second kappa shape index (κ2) is 5.77. The van der Waals surface area contributed by atoms with E-state index in [0.717, 1.165) is 12.1 Å². The minimum absolute atomic E-state index is 0.439. The molecule has 4 heteroatoms. The molecule has 0 aliphatic rings. The van der Waals surface area contributed by atoms with Crippen molar-refractivity contribution >= 4 is 11.4 Å². The molecule has 0 saturated heterocycles. The number of hydrogen-bond acceptors (Lipinski definition) is 4. The third-order valence-electron chi connectivity index (χ3n) is 2.24. The molecule has 0 atom stereocenters. The molecule has 96 valence electrons. The zero-order valence-electron chi connectivity index (χ0n) is 10.8. The Morgan fingerprint density at radius 2 is 2.12 bits per heavy atom. The van der Waals surface area contributed by atoms with Crippen LogP contribution in [-0.2, 0) is 0 Å². The average molecular weight is 238 g/mol. The number of ether oxygens (including phenoxy) is 1. The molecule has 4 nitrogen and oxygen atoms in total. The number of rotatable bonds is 6. The summed E-state index contributed by atoms with van der Waals surface area (Å²) in [5, 5.41) is 12.8. The van der Waals surface area contributed by atoms with Gasteiger partial charge in [-0.2, -0.15) is 0 Å². The van der Waals surface area contributed by atoms with E-state index in [0.29, 0.717) is 24.6 Å². The Hall–Kier alpha value is -1.42. The van der Waals surface area contributed by atoms with E-state index < -0.39 is 5.60 Å². The largest absolute Gasteiger partial charge is 0.491 e. The first-order chi connectivity index (χ1) is 7.94. The highest BCUT2D eigenvalue weighted by molar-refractivity contribution is 5.72. The Morgan fingerprint density at radius 1 is 1.41 bits per heavy atom. The summed E-state index contributed by atoms with van der Waals surface area (Å²) in [5.41, 5.74) is 6.59. The van der Waals surface area contributed by atoms with Gasteiger partial charge < -0.3 is 20.9 Å². The van der Waals surface area contributed by atoms with Crippen molar-refractivity contribution < 1.29 is 9.84 Å². The monoisotopic (exact) mass is 238 g/mol. The first-order valence-electron chi connectivity index (χ1n) is 5.91. The van der Waals surface area contributed by atoms with Gasteiger partial charge in [0.2, 0.25) is 0 Å². The van der Waals surface area contributed by atoms with E-state index in [4.69, 9.17) is 10.5 Å². The van der Waals surface area contributed by atoms with Crippen LogP contribution >= 0.6 is 0 Å². The van der Waals surface area contributed by atoms with Crippen LogP contribution in [0.15, 0.2) is 18.2 Å². The second-order valence-electron chi connectivity index (χ2n) is 4.73. The molecule has 0 bridgehead atoms. The molecule has 4 N–H and O–H groups in total. The Kier molecular flexibility index (Phi) is 4.63. The molecule has 1 aromatic rings. The highest BCUT2D eigenvalue weighted by atomic mass is 16.5. The Bertz CT molecular complexity index is 359. The van der Waals surface area contributed by atoms with Gasteiger partial charge in [0.1, 0.15) is 5.75 Å². The highest BCUT2D eigenvalue weighted by Crippen LogP contribution is 2.29. The van der Waals surface area contributed by atoms with Gasteiger partial charge in [0.15, 0.2) is 0 Å². The van der Waals surface area contributed by atoms with Gasteiger partial charge >= 0.3 is 0 Å². The van der Waals surface area contributed by atoms with Crippen LogP contribution in [0.25, 0.3) is 0 Å². The maximum atomic E-state index is 9.65. The van der Waals surface area contributed by atoms with Crippen molar-refractivity contribution in [2.75, 3.05) is 24.2 Å². The number of nitrogens with two attached hydrogens (primary N) is 1. The lowest BCUT2D eigenvalue weighted by Gasteiger charge is -2.20. The van der Waals surface area contributed by atoms with Crippen molar-refractivity contribution in [3.05, 3.63) is 18.2 Å². The van der Waals surface area contributed by atoms with Crippen LogP contribution in [0.5, 0.6) is 5.75 Å². The van der Waals surface area contributed by atoms with Gasteiger partial charge in [-0.25, -0.2) is 0 Å². The summed E-state index contributed by atoms with van der Waals surface area (Å²) in [6.45, 7) is 6.63. The molecule has 0 aliphatic carbocycles. The summed E-state index contributed by atoms with van der Waals surface area (Å²) >= 11 is 0. The van der Waals surface area contributed by atoms with Gasteiger partial charge in [0, 0.05) is 6.54 Å². The molecule has 1 aromatic carbocycles. The molecule has 0 saturated carbocycles. The number of hydrogen-bond donors (Lipinski definition) is 3. The summed E-state index contributed by atoms with van der Waals surface area (Å²) in [4.78, 5) is 0. The molecule has 0 aromatic heterocycles. The summed E-state index contributed by atoms with van der Waals surface area (Å²) in [6, 6.07) is 5.61. The molecule has 17 heavy (non-hydrogen) atoms. The highest BCUT2D eigenvalue weighted by Gasteiger charge is 2.13. The summed E-state index contributed by atoms with van der Waals surface area (Å²) in [7, 11) is 0. The van der Waals surface area contributed by atoms with E-state index in [-0.39, 0.29) is 0 Å². The molecule has 0 radical (unpaired) electrons. The van der Waals surface area contributed by atoms with E-state index in [1.807, 2.05) is 25.1 Å². The van der Waals surface area contributed by atoms with Gasteiger partial charge in [-0.05, 0) is 32.4 Å². The second-order valence-corrected chi connectivity index (χ2v) is 4.73. The predicted molar refractivity (Wildman–Crippen MR) is 71.4 cm³/mol. The number of benzene rings is 1. The van der Waals surface area contributed by atoms with Crippen LogP contribution in [0.2, 0.25) is 0 Å². The molecule has 0 spiro atoms. The van der Waals surface area contributed by atoms with Crippen LogP contribution in [0.4, 0.5) is 11.4 Å². The minimum Gasteiger partial charge on any atom is -0.491 e. The van der Waals surface area contributed by atoms with Crippen LogP contribution in [0.1, 0.15) is 27.2 Å². The maximum absolute atomic E-state index is 9.65. The zero-order chi connectivity index (χ0) is 12.9. The Balaban J connectivity index is 2.72. The topological polar surface area (TPSA) is 67.5 Å². The SMILES string of the molecule is CCCOc1cccc(NCC(C)(C)O)c1N. The van der Waals surface area contributed by atoms with Gasteiger partial charge in [0.25, 0.3) is 0 Å². The molecule has 1 rings (SSSR count). The standard InChI is InChI=1S/C13H22N2O2/c1-4-8-17-11-7-5-6-10(12(11)14)15-9-13(2,3)16/h5-7,15-16H,4,8-9,14H2,1-3H3. The number of aliphatic hydroxyl groups is 1. The lowest BCUT2D eigenvalue weighted by molar-refractivity contribution is 0.0945. The van der Waals surface area contributed by atoms with E-state index in [1.165, 1.54) is 0 Å².